The number of benzene rings is 6. The van der Waals surface area contributed by atoms with Crippen molar-refractivity contribution in [2.24, 2.45) is 0 Å². The summed E-state index contributed by atoms with van der Waals surface area (Å²) in [6, 6.07) is 36.2. The third-order valence-corrected chi connectivity index (χ3v) is 20.5. The van der Waals surface area contributed by atoms with Gasteiger partial charge < -0.3 is 96.2 Å². The van der Waals surface area contributed by atoms with Crippen molar-refractivity contribution in [2.45, 2.75) is 152 Å². The highest BCUT2D eigenvalue weighted by Crippen LogP contribution is 2.45. The van der Waals surface area contributed by atoms with Crippen LogP contribution in [0.4, 0.5) is 17.1 Å². The van der Waals surface area contributed by atoms with Crippen LogP contribution in [0.2, 0.25) is 5.02 Å². The maximum Gasteiger partial charge on any atom is 0.122 e. The van der Waals surface area contributed by atoms with E-state index in [0.29, 0.717) is 40.7 Å². The van der Waals surface area contributed by atoms with Crippen LogP contribution in [0, 0.1) is 0 Å². The molecule has 0 aromatic heterocycles. The number of halogens is 1. The van der Waals surface area contributed by atoms with Crippen molar-refractivity contribution in [1.29, 1.82) is 0 Å². The number of methoxy groups -OCH3 is 1. The summed E-state index contributed by atoms with van der Waals surface area (Å²) in [6.45, 7) is 1.56. The Bertz CT molecular complexity index is 3420. The first-order valence-electron chi connectivity index (χ1n) is 30.9. The number of aliphatic hydroxyl groups excluding tert-OH is 12. The van der Waals surface area contributed by atoms with Crippen LogP contribution in [0.3, 0.4) is 0 Å². The van der Waals surface area contributed by atoms with E-state index in [1.165, 1.54) is 57.0 Å². The molecule has 7 aliphatic rings. The second kappa shape index (κ2) is 29.9. The summed E-state index contributed by atoms with van der Waals surface area (Å²) in [7, 11) is 1.61. The average molecular weight is 1300 g/mol. The maximum absolute atomic E-state index is 10.6. The van der Waals surface area contributed by atoms with E-state index in [2.05, 4.69) is 82.7 Å². The predicted octanol–water partition coefficient (Wildman–Crippen LogP) is 5.31. The van der Waals surface area contributed by atoms with E-state index in [-0.39, 0.29) is 0 Å². The number of nitrogens with one attached hydrogen (secondary N) is 3. The zero-order valence-electron chi connectivity index (χ0n) is 49.9. The van der Waals surface area contributed by atoms with Crippen LogP contribution in [0.5, 0.6) is 5.75 Å². The van der Waals surface area contributed by atoms with Gasteiger partial charge in [0.05, 0.1) is 26.9 Å². The summed E-state index contributed by atoms with van der Waals surface area (Å²) in [5.74, 6) is 3.40. The smallest absolute Gasteiger partial charge is 0.122 e. The molecule has 0 bridgehead atoms. The number of ether oxygens (including phenoxy) is 4. The highest BCUT2D eigenvalue weighted by molar-refractivity contribution is 7.99. The van der Waals surface area contributed by atoms with Gasteiger partial charge in [0.15, 0.2) is 0 Å². The fraction of sp³-hybridized carbons (Fsp3) is 0.471. The van der Waals surface area contributed by atoms with Gasteiger partial charge in [-0.25, -0.2) is 0 Å². The second-order valence-electron chi connectivity index (χ2n) is 24.2. The summed E-state index contributed by atoms with van der Waals surface area (Å²) in [4.78, 5) is 2.48. The van der Waals surface area contributed by atoms with Crippen LogP contribution in [0.1, 0.15) is 105 Å². The van der Waals surface area contributed by atoms with E-state index in [0.717, 1.165) is 83.2 Å². The quantitative estimate of drug-likeness (QED) is 0.0657. The van der Waals surface area contributed by atoms with Gasteiger partial charge in [0.1, 0.15) is 97.3 Å². The Labute approximate surface area is 537 Å². The highest BCUT2D eigenvalue weighted by atomic mass is 35.5. The Morgan fingerprint density at radius 1 is 0.467 bits per heavy atom. The van der Waals surface area contributed by atoms with Gasteiger partial charge in [-0.15, -0.1) is 23.5 Å². The van der Waals surface area contributed by atoms with Crippen LogP contribution >= 0.6 is 35.1 Å². The van der Waals surface area contributed by atoms with Crippen molar-refractivity contribution in [3.05, 3.63) is 175 Å². The van der Waals surface area contributed by atoms with Crippen molar-refractivity contribution in [2.75, 3.05) is 74.0 Å². The molecular weight excluding hydrogens is 1210 g/mol. The average Bonchev–Trinajstić information content (AvgIpc) is 1.19. The van der Waals surface area contributed by atoms with Crippen molar-refractivity contribution in [1.82, 2.24) is 0 Å². The lowest BCUT2D eigenvalue weighted by molar-refractivity contribution is -0.231. The fourth-order valence-electron chi connectivity index (χ4n) is 12.8. The molecule has 15 N–H and O–H groups in total. The lowest BCUT2D eigenvalue weighted by atomic mass is 9.88. The van der Waals surface area contributed by atoms with Gasteiger partial charge >= 0.3 is 0 Å². The minimum Gasteiger partial charge on any atom is -0.496 e. The molecule has 6 aliphatic heterocycles. The van der Waals surface area contributed by atoms with E-state index in [9.17, 15) is 61.3 Å². The van der Waals surface area contributed by atoms with Crippen molar-refractivity contribution < 1.29 is 80.2 Å². The van der Waals surface area contributed by atoms with Crippen molar-refractivity contribution in [3.63, 3.8) is 0 Å². The Balaban J connectivity index is 0.000000139. The first-order chi connectivity index (χ1) is 43.5. The third kappa shape index (κ3) is 14.9. The second-order valence-corrected chi connectivity index (χ2v) is 26.8. The van der Waals surface area contributed by atoms with Crippen LogP contribution in [-0.4, -0.2) is 193 Å². The molecule has 0 spiro atoms. The molecule has 1 aliphatic carbocycles. The highest BCUT2D eigenvalue weighted by Gasteiger charge is 2.47. The van der Waals surface area contributed by atoms with Crippen LogP contribution in [0.15, 0.2) is 119 Å². The zero-order valence-corrected chi connectivity index (χ0v) is 52.3. The number of thioether (sulfide) groups is 2. The molecule has 3 saturated heterocycles. The first-order valence-corrected chi connectivity index (χ1v) is 33.2. The van der Waals surface area contributed by atoms with Gasteiger partial charge in [-0.3, -0.25) is 0 Å². The number of aryl methyl sites for hydroxylation is 1. The fourth-order valence-corrected chi connectivity index (χ4v) is 14.7. The molecule has 1 saturated carbocycles. The van der Waals surface area contributed by atoms with Gasteiger partial charge in [0, 0.05) is 69.4 Å². The number of hydrogen-bond acceptors (Lipinski definition) is 21. The lowest BCUT2D eigenvalue weighted by Gasteiger charge is -2.40. The molecule has 15 atom stereocenters. The standard InChI is InChI=1S/C25H31NO5.C22H27NO6S.C21H24ClNO5S/c27-13-21-22(28)23(29)24(30)25(31-21)17-7-8-19(15-5-6-15)18(12-17)10-14-3-4-16-2-1-9-26-20(16)11-14;1-28-16-4-3-13(22-21(27)20(26)19(25)17(11-24)29-22)10-14(16)8-12-2-5-18-15(9-12)23-6-7-30-18;22-14-3-2-12(21-20(27)19(26)18(25)16(10-24)28-21)9-13(14)7-11-1-4-17-15(8-11)23-5-6-29-17/h3-4,7-8,11-12,15,21-30H,1-2,5-6,9-10,13H2;2-5,9-10,17,19-27H,6-8,11H2,1H3;1-4,8-9,16,18-21,23-27H,5-7,10H2/t21-,22-,23+,24-,25+;17-,19-,20+,21-,22+;16-,18-,19+,20-,21+/m111/s1. The molecule has 0 radical (unpaired) electrons. The largest absolute Gasteiger partial charge is 0.496 e. The SMILES string of the molecule is COc1ccc([C@@H]2O[C@H](CO)[C@@H](O)[C@H](O)[C@H]2O)cc1Cc1ccc2c(c1)NCCS2.OC[C@H]1O[C@@H](c2ccc(C3CC3)c(Cc3ccc4c(c3)NCCC4)c2)[C@H](O)[C@@H](O)[C@@H]1O.OC[C@H]1O[C@@H](c2ccc(Cl)c(Cc3ccc4c(c3)NCCS4)c2)[C@H](O)[C@@H](O)[C@@H]1O. The van der Waals surface area contributed by atoms with Gasteiger partial charge in [0.25, 0.3) is 0 Å². The van der Waals surface area contributed by atoms with Gasteiger partial charge in [-0.1, -0.05) is 72.3 Å². The van der Waals surface area contributed by atoms with Crippen molar-refractivity contribution in [3.8, 4) is 5.75 Å². The lowest BCUT2D eigenvalue weighted by Crippen LogP contribution is -2.55. The van der Waals surface area contributed by atoms with Crippen LogP contribution < -0.4 is 20.7 Å². The minimum atomic E-state index is -1.41. The van der Waals surface area contributed by atoms with E-state index >= 15 is 0 Å². The molecule has 4 fully saturated rings. The molecule has 22 heteroatoms. The molecule has 6 heterocycles. The molecular formula is C68H82ClN3O16S2. The Morgan fingerprint density at radius 2 is 0.900 bits per heavy atom. The summed E-state index contributed by atoms with van der Waals surface area (Å²) < 4.78 is 22.7. The third-order valence-electron chi connectivity index (χ3n) is 18.0. The molecule has 6 aromatic rings. The number of hydrogen-bond donors (Lipinski definition) is 15. The predicted molar refractivity (Wildman–Crippen MR) is 344 cm³/mol. The number of rotatable bonds is 14. The molecule has 0 unspecified atom stereocenters. The Kier molecular flexibility index (Phi) is 22.0. The summed E-state index contributed by atoms with van der Waals surface area (Å²) in [5, 5.41) is 131. The van der Waals surface area contributed by atoms with E-state index < -0.39 is 111 Å². The minimum absolute atomic E-state index is 0.420. The van der Waals surface area contributed by atoms with Gasteiger partial charge in [-0.05, 0) is 154 Å². The normalized spacial score (nSPS) is 29.4. The van der Waals surface area contributed by atoms with E-state index in [1.54, 1.807) is 31.4 Å². The topological polar surface area (TPSA) is 316 Å². The van der Waals surface area contributed by atoms with E-state index in [1.807, 2.05) is 41.7 Å². The van der Waals surface area contributed by atoms with Crippen LogP contribution in [-0.2, 0) is 39.9 Å². The van der Waals surface area contributed by atoms with Crippen molar-refractivity contribution >= 4 is 52.2 Å². The monoisotopic (exact) mass is 1300 g/mol. The zero-order chi connectivity index (χ0) is 63.3. The Hall–Kier alpha value is -5.09. The Morgan fingerprint density at radius 3 is 1.40 bits per heavy atom. The number of aliphatic hydroxyl groups is 12. The molecule has 0 amide bonds. The number of anilines is 3. The molecule has 484 valence electrons. The molecule has 90 heavy (non-hydrogen) atoms. The van der Waals surface area contributed by atoms with Gasteiger partial charge in [0.2, 0.25) is 0 Å². The summed E-state index contributed by atoms with van der Waals surface area (Å²) in [6.07, 6.45) is -10.8. The first kappa shape index (κ1) is 66.4. The molecule has 6 aromatic carbocycles. The number of fused-ring (bicyclic) bond motifs is 3. The maximum atomic E-state index is 10.6. The van der Waals surface area contributed by atoms with Gasteiger partial charge in [-0.2, -0.15) is 0 Å². The molecule has 19 nitrogen and oxygen atoms in total. The molecule has 13 rings (SSSR count). The summed E-state index contributed by atoms with van der Waals surface area (Å²) in [5.41, 5.74) is 14.7. The van der Waals surface area contributed by atoms with Crippen LogP contribution in [0.25, 0.3) is 0 Å². The summed E-state index contributed by atoms with van der Waals surface area (Å²) >= 11 is 10.1. The van der Waals surface area contributed by atoms with E-state index in [4.69, 9.17) is 30.5 Å².